The largest absolute Gasteiger partial charge is 0.488 e. The van der Waals surface area contributed by atoms with Gasteiger partial charge in [-0.25, -0.2) is 0 Å². The van der Waals surface area contributed by atoms with E-state index in [2.05, 4.69) is 0 Å². The van der Waals surface area contributed by atoms with E-state index in [-0.39, 0.29) is 0 Å². The molecule has 2 nitrogen and oxygen atoms in total. The van der Waals surface area contributed by atoms with Gasteiger partial charge in [-0.2, -0.15) is 0 Å². The predicted octanol–water partition coefficient (Wildman–Crippen LogP) is 1.81. The van der Waals surface area contributed by atoms with Gasteiger partial charge in [0, 0.05) is 0 Å². The smallest absolute Gasteiger partial charge is 0.142 e. The minimum Gasteiger partial charge on any atom is -0.488 e. The van der Waals surface area contributed by atoms with E-state index in [1.807, 2.05) is 24.3 Å². The summed E-state index contributed by atoms with van der Waals surface area (Å²) in [4.78, 5) is 0. The molecule has 1 aromatic rings. The highest BCUT2D eigenvalue weighted by Crippen LogP contribution is 2.45. The fourth-order valence-electron chi connectivity index (χ4n) is 1.43. The van der Waals surface area contributed by atoms with Crippen LogP contribution >= 0.6 is 0 Å². The van der Waals surface area contributed by atoms with Gasteiger partial charge in [-0.15, -0.1) is 0 Å². The molecular formula is C9H6O2. The number of hydrogen-bond donors (Lipinski definition) is 0. The lowest BCUT2D eigenvalue weighted by Gasteiger charge is -2.28. The standard InChI is InChI=1S/C9H6O2/c1-2-6-9-7(3-1)11-8(9)4-5-10-6/h1-4H,5H2. The van der Waals surface area contributed by atoms with Crippen molar-refractivity contribution >= 4 is 5.76 Å². The first kappa shape index (κ1) is 5.24. The first-order valence-corrected chi connectivity index (χ1v) is 3.59. The monoisotopic (exact) mass is 146 g/mol. The molecule has 2 heteroatoms. The second-order valence-corrected chi connectivity index (χ2v) is 2.61. The SMILES string of the molecule is C1=C2Oc3cccc(c32)OC1. The third kappa shape index (κ3) is 0.522. The third-order valence-corrected chi connectivity index (χ3v) is 1.96. The van der Waals surface area contributed by atoms with E-state index in [9.17, 15) is 0 Å². The molecule has 3 rings (SSSR count). The zero-order chi connectivity index (χ0) is 7.26. The van der Waals surface area contributed by atoms with Crippen molar-refractivity contribution in [1.82, 2.24) is 0 Å². The van der Waals surface area contributed by atoms with Crippen molar-refractivity contribution in [2.24, 2.45) is 0 Å². The minimum absolute atomic E-state index is 0.631. The number of hydrogen-bond acceptors (Lipinski definition) is 2. The lowest BCUT2D eigenvalue weighted by atomic mass is 10.0. The zero-order valence-corrected chi connectivity index (χ0v) is 5.83. The Labute approximate surface area is 64.1 Å². The van der Waals surface area contributed by atoms with E-state index in [1.165, 1.54) is 0 Å². The molecular weight excluding hydrogens is 140 g/mol. The Balaban J connectivity index is 2.35. The van der Waals surface area contributed by atoms with E-state index < -0.39 is 0 Å². The van der Waals surface area contributed by atoms with Crippen LogP contribution in [0.25, 0.3) is 5.76 Å². The fraction of sp³-hybridized carbons (Fsp3) is 0.111. The normalized spacial score (nSPS) is 16.9. The Morgan fingerprint density at radius 2 is 2.09 bits per heavy atom. The van der Waals surface area contributed by atoms with E-state index in [0.717, 1.165) is 22.8 Å². The summed E-state index contributed by atoms with van der Waals surface area (Å²) in [5, 5.41) is 0. The fourth-order valence-corrected chi connectivity index (χ4v) is 1.43. The predicted molar refractivity (Wildman–Crippen MR) is 40.5 cm³/mol. The lowest BCUT2D eigenvalue weighted by Crippen LogP contribution is -2.16. The van der Waals surface area contributed by atoms with Crippen LogP contribution < -0.4 is 9.47 Å². The molecule has 0 bridgehead atoms. The molecule has 0 aliphatic carbocycles. The van der Waals surface area contributed by atoms with E-state index in [1.54, 1.807) is 0 Å². The summed E-state index contributed by atoms with van der Waals surface area (Å²) >= 11 is 0. The molecule has 0 radical (unpaired) electrons. The molecule has 54 valence electrons. The molecule has 0 aromatic heterocycles. The molecule has 0 spiro atoms. The van der Waals surface area contributed by atoms with Gasteiger partial charge in [-0.3, -0.25) is 0 Å². The molecule has 0 saturated heterocycles. The Hall–Kier alpha value is -1.44. The van der Waals surface area contributed by atoms with Crippen LogP contribution in [-0.4, -0.2) is 6.61 Å². The maximum Gasteiger partial charge on any atom is 0.142 e. The average Bonchev–Trinajstić information content (AvgIpc) is 2.01. The summed E-state index contributed by atoms with van der Waals surface area (Å²) in [6.07, 6.45) is 1.95. The van der Waals surface area contributed by atoms with Crippen molar-refractivity contribution in [1.29, 1.82) is 0 Å². The molecule has 0 amide bonds. The summed E-state index contributed by atoms with van der Waals surface area (Å²) < 4.78 is 10.7. The van der Waals surface area contributed by atoms with Gasteiger partial charge in [0.2, 0.25) is 0 Å². The van der Waals surface area contributed by atoms with Gasteiger partial charge >= 0.3 is 0 Å². The van der Waals surface area contributed by atoms with Crippen molar-refractivity contribution in [3.63, 3.8) is 0 Å². The summed E-state index contributed by atoms with van der Waals surface area (Å²) in [6.45, 7) is 0.631. The first-order valence-electron chi connectivity index (χ1n) is 3.59. The number of ether oxygens (including phenoxy) is 2. The van der Waals surface area contributed by atoms with E-state index >= 15 is 0 Å². The molecule has 2 aliphatic heterocycles. The van der Waals surface area contributed by atoms with Gasteiger partial charge in [0.1, 0.15) is 29.4 Å². The Morgan fingerprint density at radius 3 is 3.00 bits per heavy atom. The Bertz CT molecular complexity index is 353. The van der Waals surface area contributed by atoms with Crippen LogP contribution in [0.1, 0.15) is 5.56 Å². The molecule has 2 heterocycles. The lowest BCUT2D eigenvalue weighted by molar-refractivity contribution is 0.330. The molecule has 0 fully saturated rings. The van der Waals surface area contributed by atoms with Gasteiger partial charge in [-0.1, -0.05) is 6.07 Å². The van der Waals surface area contributed by atoms with Crippen molar-refractivity contribution in [2.75, 3.05) is 6.61 Å². The maximum atomic E-state index is 5.38. The number of rotatable bonds is 0. The minimum atomic E-state index is 0.631. The summed E-state index contributed by atoms with van der Waals surface area (Å²) in [5.41, 5.74) is 1.14. The summed E-state index contributed by atoms with van der Waals surface area (Å²) in [5.74, 6) is 2.86. The van der Waals surface area contributed by atoms with E-state index in [4.69, 9.17) is 9.47 Å². The van der Waals surface area contributed by atoms with Crippen molar-refractivity contribution in [3.8, 4) is 11.5 Å². The Morgan fingerprint density at radius 1 is 1.18 bits per heavy atom. The molecule has 1 aromatic carbocycles. The third-order valence-electron chi connectivity index (χ3n) is 1.96. The molecule has 0 unspecified atom stereocenters. The molecule has 0 saturated carbocycles. The van der Waals surface area contributed by atoms with Gasteiger partial charge in [0.15, 0.2) is 0 Å². The van der Waals surface area contributed by atoms with Crippen molar-refractivity contribution in [3.05, 3.63) is 29.8 Å². The van der Waals surface area contributed by atoms with Gasteiger partial charge in [-0.05, 0) is 18.2 Å². The van der Waals surface area contributed by atoms with Gasteiger partial charge in [0.05, 0.1) is 0 Å². The van der Waals surface area contributed by atoms with Crippen LogP contribution in [0.15, 0.2) is 24.3 Å². The molecule has 2 aliphatic rings. The molecule has 0 atom stereocenters. The van der Waals surface area contributed by atoms with Crippen LogP contribution in [0.2, 0.25) is 0 Å². The van der Waals surface area contributed by atoms with E-state index in [0.29, 0.717) is 6.61 Å². The van der Waals surface area contributed by atoms with Crippen LogP contribution in [0.4, 0.5) is 0 Å². The van der Waals surface area contributed by atoms with Crippen LogP contribution in [0.3, 0.4) is 0 Å². The molecule has 11 heavy (non-hydrogen) atoms. The zero-order valence-electron chi connectivity index (χ0n) is 5.83. The molecule has 0 N–H and O–H groups in total. The topological polar surface area (TPSA) is 18.5 Å². The Kier molecular flexibility index (Phi) is 0.756. The van der Waals surface area contributed by atoms with Crippen molar-refractivity contribution in [2.45, 2.75) is 0 Å². The highest BCUT2D eigenvalue weighted by Gasteiger charge is 2.28. The van der Waals surface area contributed by atoms with Gasteiger partial charge in [0.25, 0.3) is 0 Å². The van der Waals surface area contributed by atoms with Crippen LogP contribution in [-0.2, 0) is 0 Å². The van der Waals surface area contributed by atoms with Crippen LogP contribution in [0.5, 0.6) is 11.5 Å². The summed E-state index contributed by atoms with van der Waals surface area (Å²) in [7, 11) is 0. The highest BCUT2D eigenvalue weighted by atomic mass is 16.5. The highest BCUT2D eigenvalue weighted by molar-refractivity contribution is 5.81. The van der Waals surface area contributed by atoms with Crippen LogP contribution in [0, 0.1) is 0 Å². The number of benzene rings is 1. The maximum absolute atomic E-state index is 5.38. The van der Waals surface area contributed by atoms with Crippen molar-refractivity contribution < 1.29 is 9.47 Å². The quantitative estimate of drug-likeness (QED) is 0.555. The average molecular weight is 146 g/mol. The second-order valence-electron chi connectivity index (χ2n) is 2.61. The summed E-state index contributed by atoms with van der Waals surface area (Å²) in [6, 6.07) is 5.86. The first-order chi connectivity index (χ1) is 5.45. The van der Waals surface area contributed by atoms with Gasteiger partial charge < -0.3 is 9.47 Å². The second kappa shape index (κ2) is 1.59.